The molecule has 9 nitrogen and oxygen atoms in total. The number of anilines is 1. The van der Waals surface area contributed by atoms with Crippen LogP contribution in [0.3, 0.4) is 0 Å². The molecule has 1 aliphatic rings. The molecule has 1 aromatic heterocycles. The fourth-order valence-electron chi connectivity index (χ4n) is 6.15. The number of benzene rings is 3. The lowest BCUT2D eigenvalue weighted by Gasteiger charge is -2.36. The Labute approximate surface area is 285 Å². The largest absolute Gasteiger partial charge is 0.394 e. The van der Waals surface area contributed by atoms with Crippen LogP contribution in [-0.4, -0.2) is 68.1 Å². The third-order valence-corrected chi connectivity index (χ3v) is 8.87. The predicted octanol–water partition coefficient (Wildman–Crippen LogP) is 6.24. The number of rotatable bonds is 13. The third-order valence-electron chi connectivity index (χ3n) is 8.87. The number of hydrogen-bond acceptors (Lipinski definition) is 5. The van der Waals surface area contributed by atoms with Gasteiger partial charge in [0.15, 0.2) is 17.3 Å². The molecule has 0 radical (unpaired) electrons. The minimum absolute atomic E-state index is 0.175. The van der Waals surface area contributed by atoms with Gasteiger partial charge in [-0.2, -0.15) is 5.10 Å². The van der Waals surface area contributed by atoms with Gasteiger partial charge in [0.2, 0.25) is 5.91 Å². The molecule has 0 aliphatic carbocycles. The molecule has 0 bridgehead atoms. The number of unbranched alkanes of at least 4 members (excludes halogenated alkanes) is 2. The molecule has 5 rings (SSSR count). The summed E-state index contributed by atoms with van der Waals surface area (Å²) in [6, 6.07) is 17.1. The van der Waals surface area contributed by atoms with Crippen LogP contribution in [0.15, 0.2) is 66.7 Å². The van der Waals surface area contributed by atoms with Gasteiger partial charge in [0.05, 0.1) is 30.3 Å². The van der Waals surface area contributed by atoms with E-state index in [9.17, 15) is 28.3 Å². The van der Waals surface area contributed by atoms with E-state index in [0.717, 1.165) is 48.9 Å². The smallest absolute Gasteiger partial charge is 0.274 e. The van der Waals surface area contributed by atoms with E-state index in [1.807, 2.05) is 36.1 Å². The van der Waals surface area contributed by atoms with E-state index in [1.165, 1.54) is 6.07 Å². The van der Waals surface area contributed by atoms with Gasteiger partial charge in [0, 0.05) is 31.0 Å². The number of aliphatic hydroxyl groups excluding tert-OH is 1. The fourth-order valence-corrected chi connectivity index (χ4v) is 6.15. The van der Waals surface area contributed by atoms with Crippen LogP contribution in [0.4, 0.5) is 14.5 Å². The zero-order valence-corrected chi connectivity index (χ0v) is 28.2. The average Bonchev–Trinajstić information content (AvgIpc) is 3.49. The fraction of sp³-hybridized carbons (Fsp3) is 0.368. The molecule has 0 spiro atoms. The number of carbonyl (C=O) groups excluding carboxylic acids is 3. The number of hydrogen-bond donors (Lipinski definition) is 2. The molecule has 1 aliphatic heterocycles. The van der Waals surface area contributed by atoms with Crippen molar-refractivity contribution in [2.75, 3.05) is 25.0 Å². The maximum Gasteiger partial charge on any atom is 0.274 e. The maximum absolute atomic E-state index is 14.5. The molecular weight excluding hydrogens is 628 g/mol. The van der Waals surface area contributed by atoms with E-state index in [2.05, 4.69) is 19.2 Å². The number of aliphatic hydroxyl groups is 1. The number of carbonyl (C=O) groups is 3. The molecule has 0 fully saturated rings. The molecule has 0 unspecified atom stereocenters. The first-order valence-corrected chi connectivity index (χ1v) is 16.9. The van der Waals surface area contributed by atoms with Crippen LogP contribution < -0.4 is 5.32 Å². The lowest BCUT2D eigenvalue weighted by Crippen LogP contribution is -2.46. The van der Waals surface area contributed by atoms with E-state index in [0.29, 0.717) is 42.1 Å². The molecule has 2 N–H and O–H groups in total. The molecule has 49 heavy (non-hydrogen) atoms. The molecule has 258 valence electrons. The summed E-state index contributed by atoms with van der Waals surface area (Å²) >= 11 is 0. The van der Waals surface area contributed by atoms with Crippen LogP contribution in [-0.2, 0) is 24.2 Å². The Morgan fingerprint density at radius 1 is 0.939 bits per heavy atom. The minimum Gasteiger partial charge on any atom is -0.394 e. The van der Waals surface area contributed by atoms with Crippen molar-refractivity contribution < 1.29 is 28.3 Å². The van der Waals surface area contributed by atoms with Gasteiger partial charge in [-0.3, -0.25) is 14.4 Å². The number of nitrogens with zero attached hydrogens (tertiary/aromatic N) is 4. The summed E-state index contributed by atoms with van der Waals surface area (Å²) in [5, 5.41) is 17.8. The van der Waals surface area contributed by atoms with Gasteiger partial charge >= 0.3 is 0 Å². The lowest BCUT2D eigenvalue weighted by atomic mass is 9.93. The highest BCUT2D eigenvalue weighted by Gasteiger charge is 2.32. The number of aromatic nitrogens is 2. The second-order valence-corrected chi connectivity index (χ2v) is 12.5. The summed E-state index contributed by atoms with van der Waals surface area (Å²) in [6.07, 6.45) is 3.92. The molecule has 11 heteroatoms. The van der Waals surface area contributed by atoms with Crippen molar-refractivity contribution in [3.05, 3.63) is 112 Å². The summed E-state index contributed by atoms with van der Waals surface area (Å²) < 4.78 is 28.8. The molecule has 3 aromatic carbocycles. The highest BCUT2D eigenvalue weighted by molar-refractivity contribution is 6.01. The second kappa shape index (κ2) is 16.0. The van der Waals surface area contributed by atoms with E-state index >= 15 is 0 Å². The Morgan fingerprint density at radius 2 is 1.65 bits per heavy atom. The van der Waals surface area contributed by atoms with E-state index in [4.69, 9.17) is 5.10 Å². The van der Waals surface area contributed by atoms with Crippen molar-refractivity contribution in [3.8, 4) is 5.69 Å². The van der Waals surface area contributed by atoms with Crippen molar-refractivity contribution in [2.45, 2.75) is 71.9 Å². The van der Waals surface area contributed by atoms with Crippen LogP contribution in [0, 0.1) is 18.6 Å². The Kier molecular flexibility index (Phi) is 11.6. The summed E-state index contributed by atoms with van der Waals surface area (Å²) in [6.45, 7) is 7.26. The topological polar surface area (TPSA) is 108 Å². The Bertz CT molecular complexity index is 1820. The van der Waals surface area contributed by atoms with Crippen LogP contribution in [0.1, 0.15) is 82.8 Å². The molecule has 2 heterocycles. The van der Waals surface area contributed by atoms with E-state index in [-0.39, 0.29) is 42.6 Å². The zero-order valence-electron chi connectivity index (χ0n) is 28.2. The number of amides is 3. The van der Waals surface area contributed by atoms with E-state index in [1.54, 1.807) is 33.8 Å². The minimum atomic E-state index is -1.05. The Hall–Kier alpha value is -4.90. The van der Waals surface area contributed by atoms with Gasteiger partial charge in [-0.15, -0.1) is 0 Å². The van der Waals surface area contributed by atoms with Gasteiger partial charge < -0.3 is 20.2 Å². The highest BCUT2D eigenvalue weighted by atomic mass is 19.2. The van der Waals surface area contributed by atoms with E-state index < -0.39 is 23.6 Å². The first kappa shape index (κ1) is 35.4. The summed E-state index contributed by atoms with van der Waals surface area (Å²) in [5.74, 6) is -3.09. The summed E-state index contributed by atoms with van der Waals surface area (Å²) in [7, 11) is 0. The Balaban J connectivity index is 1.51. The predicted molar refractivity (Wildman–Crippen MR) is 184 cm³/mol. The van der Waals surface area contributed by atoms with Crippen molar-refractivity contribution in [2.24, 2.45) is 0 Å². The number of halogens is 2. The highest BCUT2D eigenvalue weighted by Crippen LogP contribution is 2.29. The summed E-state index contributed by atoms with van der Waals surface area (Å²) in [4.78, 5) is 44.5. The molecule has 0 saturated heterocycles. The van der Waals surface area contributed by atoms with Gasteiger partial charge in [0.1, 0.15) is 0 Å². The molecule has 3 amide bonds. The number of aryl methyl sites for hydroxylation is 1. The Morgan fingerprint density at radius 3 is 2.33 bits per heavy atom. The van der Waals surface area contributed by atoms with Crippen LogP contribution >= 0.6 is 0 Å². The molecule has 0 saturated carbocycles. The number of fused-ring (bicyclic) bond motifs is 1. The first-order chi connectivity index (χ1) is 23.6. The number of nitrogens with one attached hydrogen (secondary N) is 1. The van der Waals surface area contributed by atoms with Crippen LogP contribution in [0.5, 0.6) is 0 Å². The van der Waals surface area contributed by atoms with Crippen LogP contribution in [0.2, 0.25) is 0 Å². The molecule has 1 atom stereocenters. The molecule has 4 aromatic rings. The lowest BCUT2D eigenvalue weighted by molar-refractivity contribution is -0.115. The summed E-state index contributed by atoms with van der Waals surface area (Å²) in [5.41, 5.74) is 4.16. The van der Waals surface area contributed by atoms with Gasteiger partial charge in [0.25, 0.3) is 11.8 Å². The van der Waals surface area contributed by atoms with Gasteiger partial charge in [-0.25, -0.2) is 13.5 Å². The van der Waals surface area contributed by atoms with Crippen molar-refractivity contribution in [3.63, 3.8) is 0 Å². The third kappa shape index (κ3) is 8.22. The normalized spacial score (nSPS) is 14.0. The average molecular weight is 672 g/mol. The monoisotopic (exact) mass is 671 g/mol. The molecular formula is C38H43F2N5O4. The first-order valence-electron chi connectivity index (χ1n) is 16.9. The van der Waals surface area contributed by atoms with Crippen molar-refractivity contribution in [1.29, 1.82) is 0 Å². The van der Waals surface area contributed by atoms with Gasteiger partial charge in [-0.1, -0.05) is 57.0 Å². The SMILES string of the molecule is CCCCN(CCCC)C(=O)c1cc(C)n(-c2ccc(NC(=O)Cc3ccc(F)c(F)c3)cc2C(=O)N2Cc3ccccc3C[C@H]2CO)n1. The second-order valence-electron chi connectivity index (χ2n) is 12.5. The van der Waals surface area contributed by atoms with Gasteiger partial charge in [-0.05, 0) is 79.3 Å². The van der Waals surface area contributed by atoms with Crippen molar-refractivity contribution in [1.82, 2.24) is 19.6 Å². The van der Waals surface area contributed by atoms with Crippen molar-refractivity contribution >= 4 is 23.4 Å². The van der Waals surface area contributed by atoms with Crippen LogP contribution in [0.25, 0.3) is 5.69 Å². The quantitative estimate of drug-likeness (QED) is 0.175. The maximum atomic E-state index is 14.5. The standard InChI is InChI=1S/C38H43F2N5O4/c1-4-6-16-43(17-7-5-2)38(49)34-18-25(3)45(42-34)35-15-13-29(41-36(47)20-26-12-14-32(39)33(40)19-26)22-31(35)37(48)44-23-28-11-9-8-10-27(28)21-30(44)24-46/h8-15,18-19,22,30,46H,4-7,16-17,20-21,23-24H2,1-3H3,(H,41,47)/t30-/m0/s1. The zero-order chi connectivity index (χ0) is 35.1.